The largest absolute Gasteiger partial charge is 0.383 e. The molecule has 1 aromatic heterocycles. The lowest BCUT2D eigenvalue weighted by atomic mass is 9.89. The molecule has 0 spiro atoms. The average molecular weight is 432 g/mol. The normalized spacial score (nSPS) is 14.5. The second-order valence-electron chi connectivity index (χ2n) is 8.30. The van der Waals surface area contributed by atoms with Crippen LogP contribution in [0.3, 0.4) is 0 Å². The van der Waals surface area contributed by atoms with E-state index < -0.39 is 0 Å². The third-order valence-corrected chi connectivity index (χ3v) is 6.08. The lowest BCUT2D eigenvalue weighted by Gasteiger charge is -2.32. The van der Waals surface area contributed by atoms with E-state index in [4.69, 9.17) is 4.74 Å². The van der Waals surface area contributed by atoms with E-state index in [1.54, 1.807) is 13.3 Å². The fourth-order valence-electron chi connectivity index (χ4n) is 4.23. The number of methoxy groups -OCH3 is 1. The molecule has 2 heterocycles. The standard InChI is InChI=1S/C26H29N3O3/c1-32-16-13-28-25(30)21-6-4-19(5-7-21)17-20-10-14-29(15-11-20)26(31)23-8-9-24-22(18-23)3-2-12-27-24/h2-9,12,18,20H,10-11,13-17H2,1H3,(H,28,30). The summed E-state index contributed by atoms with van der Waals surface area (Å²) in [6.45, 7) is 2.55. The van der Waals surface area contributed by atoms with Gasteiger partial charge in [0.2, 0.25) is 0 Å². The highest BCUT2D eigenvalue weighted by atomic mass is 16.5. The molecule has 1 aliphatic heterocycles. The zero-order valence-electron chi connectivity index (χ0n) is 18.4. The van der Waals surface area contributed by atoms with Crippen LogP contribution in [0.25, 0.3) is 10.9 Å². The van der Waals surface area contributed by atoms with E-state index in [9.17, 15) is 9.59 Å². The van der Waals surface area contributed by atoms with E-state index in [-0.39, 0.29) is 11.8 Å². The lowest BCUT2D eigenvalue weighted by Crippen LogP contribution is -2.38. The predicted octanol–water partition coefficient (Wildman–Crippen LogP) is 3.71. The Bertz CT molecular complexity index is 1070. The Labute approximate surface area is 188 Å². The third kappa shape index (κ3) is 5.32. The Morgan fingerprint density at radius 1 is 1.06 bits per heavy atom. The van der Waals surface area contributed by atoms with E-state index in [1.807, 2.05) is 59.5 Å². The van der Waals surface area contributed by atoms with Crippen LogP contribution < -0.4 is 5.32 Å². The van der Waals surface area contributed by atoms with Gasteiger partial charge >= 0.3 is 0 Å². The molecule has 1 saturated heterocycles. The van der Waals surface area contributed by atoms with Gasteiger partial charge in [0.25, 0.3) is 11.8 Å². The van der Waals surface area contributed by atoms with E-state index in [1.165, 1.54) is 5.56 Å². The van der Waals surface area contributed by atoms with Gasteiger partial charge in [0, 0.05) is 49.5 Å². The molecule has 1 aliphatic rings. The number of nitrogens with one attached hydrogen (secondary N) is 1. The summed E-state index contributed by atoms with van der Waals surface area (Å²) in [5.74, 6) is 0.559. The molecule has 32 heavy (non-hydrogen) atoms. The second-order valence-corrected chi connectivity index (χ2v) is 8.30. The molecule has 0 radical (unpaired) electrons. The molecule has 6 heteroatoms. The highest BCUT2D eigenvalue weighted by Crippen LogP contribution is 2.24. The van der Waals surface area contributed by atoms with E-state index in [0.29, 0.717) is 24.6 Å². The number of aromatic nitrogens is 1. The molecule has 2 amide bonds. The van der Waals surface area contributed by atoms with Gasteiger partial charge in [-0.05, 0) is 67.1 Å². The highest BCUT2D eigenvalue weighted by Gasteiger charge is 2.24. The number of ether oxygens (including phenoxy) is 1. The van der Waals surface area contributed by atoms with Gasteiger partial charge in [0.15, 0.2) is 0 Å². The van der Waals surface area contributed by atoms with Gasteiger partial charge in [-0.15, -0.1) is 0 Å². The summed E-state index contributed by atoms with van der Waals surface area (Å²) in [6, 6.07) is 17.4. The van der Waals surface area contributed by atoms with Crippen molar-refractivity contribution in [3.8, 4) is 0 Å². The van der Waals surface area contributed by atoms with Crippen molar-refractivity contribution >= 4 is 22.7 Å². The first-order valence-electron chi connectivity index (χ1n) is 11.1. The SMILES string of the molecule is COCCNC(=O)c1ccc(CC2CCN(C(=O)c3ccc4ncccc4c3)CC2)cc1. The first-order valence-corrected chi connectivity index (χ1v) is 11.1. The van der Waals surface area contributed by atoms with Crippen molar-refractivity contribution in [3.05, 3.63) is 77.5 Å². The minimum absolute atomic E-state index is 0.0788. The Balaban J connectivity index is 1.28. The van der Waals surface area contributed by atoms with Crippen molar-refractivity contribution in [2.45, 2.75) is 19.3 Å². The van der Waals surface area contributed by atoms with Crippen LogP contribution >= 0.6 is 0 Å². The zero-order chi connectivity index (χ0) is 22.3. The van der Waals surface area contributed by atoms with Crippen LogP contribution in [-0.2, 0) is 11.2 Å². The third-order valence-electron chi connectivity index (χ3n) is 6.08. The van der Waals surface area contributed by atoms with Crippen LogP contribution in [0.5, 0.6) is 0 Å². The fraction of sp³-hybridized carbons (Fsp3) is 0.346. The number of likely N-dealkylation sites (tertiary alicyclic amines) is 1. The summed E-state index contributed by atoms with van der Waals surface area (Å²) in [5, 5.41) is 3.82. The zero-order valence-corrected chi connectivity index (χ0v) is 18.4. The summed E-state index contributed by atoms with van der Waals surface area (Å²) in [7, 11) is 1.61. The van der Waals surface area contributed by atoms with E-state index in [0.717, 1.165) is 48.8 Å². The number of rotatable bonds is 7. The topological polar surface area (TPSA) is 71.5 Å². The number of amides is 2. The number of fused-ring (bicyclic) bond motifs is 1. The molecule has 2 aromatic carbocycles. The van der Waals surface area contributed by atoms with Crippen molar-refractivity contribution in [2.24, 2.45) is 5.92 Å². The van der Waals surface area contributed by atoms with Crippen LogP contribution in [0.15, 0.2) is 60.8 Å². The molecule has 0 saturated carbocycles. The van der Waals surface area contributed by atoms with Crippen LogP contribution in [0, 0.1) is 5.92 Å². The fourth-order valence-corrected chi connectivity index (χ4v) is 4.23. The Morgan fingerprint density at radius 3 is 2.56 bits per heavy atom. The van der Waals surface area contributed by atoms with Gasteiger partial charge in [0.05, 0.1) is 12.1 Å². The Kier molecular flexibility index (Phi) is 7.12. The lowest BCUT2D eigenvalue weighted by molar-refractivity contribution is 0.0690. The maximum atomic E-state index is 13.0. The van der Waals surface area contributed by atoms with E-state index >= 15 is 0 Å². The summed E-state index contributed by atoms with van der Waals surface area (Å²) in [5.41, 5.74) is 3.52. The van der Waals surface area contributed by atoms with Crippen LogP contribution in [0.2, 0.25) is 0 Å². The number of hydrogen-bond donors (Lipinski definition) is 1. The van der Waals surface area contributed by atoms with Gasteiger partial charge in [-0.25, -0.2) is 0 Å². The van der Waals surface area contributed by atoms with Gasteiger partial charge in [-0.1, -0.05) is 18.2 Å². The quantitative estimate of drug-likeness (QED) is 0.579. The molecule has 166 valence electrons. The molecule has 1 N–H and O–H groups in total. The van der Waals surface area contributed by atoms with Crippen molar-refractivity contribution in [1.82, 2.24) is 15.2 Å². The average Bonchev–Trinajstić information content (AvgIpc) is 2.84. The number of hydrogen-bond acceptors (Lipinski definition) is 4. The summed E-state index contributed by atoms with van der Waals surface area (Å²) in [6.07, 6.45) is 4.70. The Morgan fingerprint density at radius 2 is 1.81 bits per heavy atom. The minimum atomic E-state index is -0.0788. The molecular formula is C26H29N3O3. The Hall–Kier alpha value is -3.25. The summed E-state index contributed by atoms with van der Waals surface area (Å²) >= 11 is 0. The summed E-state index contributed by atoms with van der Waals surface area (Å²) < 4.78 is 4.95. The molecule has 3 aromatic rings. The van der Waals surface area contributed by atoms with Crippen LogP contribution in [0.4, 0.5) is 0 Å². The molecule has 4 rings (SSSR count). The van der Waals surface area contributed by atoms with Crippen molar-refractivity contribution in [1.29, 1.82) is 0 Å². The number of carbonyl (C=O) groups is 2. The van der Waals surface area contributed by atoms with Gasteiger partial charge in [-0.2, -0.15) is 0 Å². The molecule has 0 bridgehead atoms. The maximum Gasteiger partial charge on any atom is 0.253 e. The van der Waals surface area contributed by atoms with Gasteiger partial charge in [0.1, 0.15) is 0 Å². The maximum absolute atomic E-state index is 13.0. The molecule has 0 atom stereocenters. The van der Waals surface area contributed by atoms with Crippen LogP contribution in [-0.4, -0.2) is 55.0 Å². The number of piperidine rings is 1. The van der Waals surface area contributed by atoms with Crippen molar-refractivity contribution in [3.63, 3.8) is 0 Å². The first-order chi connectivity index (χ1) is 15.6. The highest BCUT2D eigenvalue weighted by molar-refractivity contribution is 5.98. The molecule has 0 aliphatic carbocycles. The predicted molar refractivity (Wildman–Crippen MR) is 125 cm³/mol. The van der Waals surface area contributed by atoms with Gasteiger partial charge < -0.3 is 15.0 Å². The van der Waals surface area contributed by atoms with Crippen molar-refractivity contribution in [2.75, 3.05) is 33.4 Å². The van der Waals surface area contributed by atoms with Gasteiger partial charge in [-0.3, -0.25) is 14.6 Å². The minimum Gasteiger partial charge on any atom is -0.383 e. The molecule has 0 unspecified atom stereocenters. The van der Waals surface area contributed by atoms with Crippen molar-refractivity contribution < 1.29 is 14.3 Å². The molecular weight excluding hydrogens is 402 g/mol. The first kappa shape index (κ1) is 22.0. The number of nitrogens with zero attached hydrogens (tertiary/aromatic N) is 2. The number of benzene rings is 2. The second kappa shape index (κ2) is 10.4. The monoisotopic (exact) mass is 431 g/mol. The van der Waals surface area contributed by atoms with E-state index in [2.05, 4.69) is 10.3 Å². The number of pyridine rings is 1. The summed E-state index contributed by atoms with van der Waals surface area (Å²) in [4.78, 5) is 31.3. The molecule has 1 fully saturated rings. The molecule has 6 nitrogen and oxygen atoms in total. The number of carbonyl (C=O) groups excluding carboxylic acids is 2. The van der Waals surface area contributed by atoms with Crippen LogP contribution in [0.1, 0.15) is 39.1 Å². The smallest absolute Gasteiger partial charge is 0.253 e.